The molecule has 0 bridgehead atoms. The second-order valence-corrected chi connectivity index (χ2v) is 8.94. The van der Waals surface area contributed by atoms with Gasteiger partial charge in [0, 0.05) is 51.8 Å². The van der Waals surface area contributed by atoms with E-state index in [0.717, 1.165) is 45.9 Å². The second-order valence-electron chi connectivity index (χ2n) is 7.77. The molecule has 0 saturated heterocycles. The van der Waals surface area contributed by atoms with Crippen LogP contribution in [0.3, 0.4) is 0 Å². The highest BCUT2D eigenvalue weighted by atomic mass is 32.2. The molecule has 0 aromatic heterocycles. The lowest BCUT2D eigenvalue weighted by Gasteiger charge is -2.23. The summed E-state index contributed by atoms with van der Waals surface area (Å²) < 4.78 is 12.9. The summed E-state index contributed by atoms with van der Waals surface area (Å²) in [5, 5.41) is 0. The number of benzene rings is 3. The monoisotopic (exact) mass is 480 g/mol. The summed E-state index contributed by atoms with van der Waals surface area (Å²) in [7, 11) is 3.49. The maximum absolute atomic E-state index is 5.26. The summed E-state index contributed by atoms with van der Waals surface area (Å²) >= 11 is 1.81. The van der Waals surface area contributed by atoms with Crippen molar-refractivity contribution >= 4 is 11.9 Å². The summed E-state index contributed by atoms with van der Waals surface area (Å²) in [6.07, 6.45) is 0. The Morgan fingerprint density at radius 3 is 1.47 bits per heavy atom. The smallest absolute Gasteiger partial charge is 0.0589 e. The van der Waals surface area contributed by atoms with Gasteiger partial charge in [-0.1, -0.05) is 86.6 Å². The van der Waals surface area contributed by atoms with Crippen LogP contribution in [-0.4, -0.2) is 49.7 Å². The Morgan fingerprint density at radius 2 is 1.03 bits per heavy atom. The van der Waals surface area contributed by atoms with Crippen molar-refractivity contribution in [2.45, 2.75) is 38.4 Å². The van der Waals surface area contributed by atoms with Gasteiger partial charge in [-0.2, -0.15) is 0 Å². The molecule has 0 radical (unpaired) electrons. The molecule has 0 spiro atoms. The van der Waals surface area contributed by atoms with Crippen LogP contribution >= 0.6 is 11.9 Å². The van der Waals surface area contributed by atoms with Gasteiger partial charge in [-0.05, 0) is 40.8 Å². The third-order valence-electron chi connectivity index (χ3n) is 5.19. The maximum Gasteiger partial charge on any atom is 0.0589 e. The summed E-state index contributed by atoms with van der Waals surface area (Å²) in [4.78, 5) is 3.62. The van der Waals surface area contributed by atoms with E-state index in [1.54, 1.807) is 14.2 Å². The molecule has 0 amide bonds. The first-order valence-electron chi connectivity index (χ1n) is 12.1. The molecule has 0 atom stereocenters. The number of ether oxygens (including phenoxy) is 2. The summed E-state index contributed by atoms with van der Waals surface area (Å²) in [5.41, 5.74) is 3.94. The van der Waals surface area contributed by atoms with Gasteiger partial charge in [-0.25, -0.2) is 4.31 Å². The van der Waals surface area contributed by atoms with Crippen molar-refractivity contribution in [2.24, 2.45) is 0 Å². The Balaban J connectivity index is 0.00000199. The fourth-order valence-corrected chi connectivity index (χ4v) is 4.45. The second kappa shape index (κ2) is 17.3. The minimum absolute atomic E-state index is 0.728. The van der Waals surface area contributed by atoms with Crippen molar-refractivity contribution in [2.75, 3.05) is 40.5 Å². The van der Waals surface area contributed by atoms with Crippen LogP contribution in [0.15, 0.2) is 89.8 Å². The zero-order chi connectivity index (χ0) is 24.4. The van der Waals surface area contributed by atoms with Crippen molar-refractivity contribution in [3.63, 3.8) is 0 Å². The average molecular weight is 481 g/mol. The largest absolute Gasteiger partial charge is 0.383 e. The van der Waals surface area contributed by atoms with E-state index in [9.17, 15) is 0 Å². The van der Waals surface area contributed by atoms with Gasteiger partial charge in [0.25, 0.3) is 0 Å². The molecule has 0 aliphatic rings. The molecule has 3 aromatic rings. The van der Waals surface area contributed by atoms with Gasteiger partial charge < -0.3 is 9.47 Å². The highest BCUT2D eigenvalue weighted by Gasteiger charge is 2.11. The molecule has 0 heterocycles. The molecule has 0 N–H and O–H groups in total. The maximum atomic E-state index is 5.26. The molecule has 0 saturated carbocycles. The summed E-state index contributed by atoms with van der Waals surface area (Å²) in [5.74, 6) is 0. The van der Waals surface area contributed by atoms with E-state index in [1.807, 2.05) is 25.8 Å². The highest BCUT2D eigenvalue weighted by molar-refractivity contribution is 7.97. The first-order valence-corrected chi connectivity index (χ1v) is 12.8. The van der Waals surface area contributed by atoms with Crippen molar-refractivity contribution in [3.8, 4) is 0 Å². The van der Waals surface area contributed by atoms with Crippen molar-refractivity contribution in [3.05, 3.63) is 102 Å². The third-order valence-corrected chi connectivity index (χ3v) is 6.19. The van der Waals surface area contributed by atoms with Gasteiger partial charge in [0.15, 0.2) is 0 Å². The number of methoxy groups -OCH3 is 2. The first-order chi connectivity index (χ1) is 16.8. The van der Waals surface area contributed by atoms with E-state index in [2.05, 4.69) is 94.1 Å². The molecule has 0 fully saturated rings. The van der Waals surface area contributed by atoms with Crippen LogP contribution in [-0.2, 0) is 29.1 Å². The van der Waals surface area contributed by atoms with Crippen molar-refractivity contribution < 1.29 is 9.47 Å². The fraction of sp³-hybridized carbons (Fsp3) is 0.379. The van der Waals surface area contributed by atoms with Crippen LogP contribution in [0, 0.1) is 0 Å². The molecule has 0 aliphatic carbocycles. The summed E-state index contributed by atoms with van der Waals surface area (Å²) in [6.45, 7) is 9.94. The van der Waals surface area contributed by atoms with E-state index in [1.165, 1.54) is 21.6 Å². The van der Waals surface area contributed by atoms with Crippen molar-refractivity contribution in [1.82, 2.24) is 9.21 Å². The Labute approximate surface area is 211 Å². The molecule has 0 unspecified atom stereocenters. The molecule has 34 heavy (non-hydrogen) atoms. The fourth-order valence-electron chi connectivity index (χ4n) is 3.47. The standard InChI is InChI=1S/C27H34N2O2S.C2H6/c1-30-19-17-28(18-20-31-2)21-26-13-15-27(16-14-26)32-29(22-24-9-5-3-6-10-24)23-25-11-7-4-8-12-25;1-2/h3-16H,17-23H2,1-2H3;1-2H3. The van der Waals surface area contributed by atoms with E-state index < -0.39 is 0 Å². The predicted molar refractivity (Wildman–Crippen MR) is 145 cm³/mol. The van der Waals surface area contributed by atoms with Crippen LogP contribution < -0.4 is 0 Å². The Morgan fingerprint density at radius 1 is 0.588 bits per heavy atom. The van der Waals surface area contributed by atoms with Gasteiger partial charge in [-0.15, -0.1) is 0 Å². The average Bonchev–Trinajstić information content (AvgIpc) is 2.89. The first kappa shape index (κ1) is 28.1. The zero-order valence-corrected chi connectivity index (χ0v) is 22.0. The molecule has 3 aromatic carbocycles. The molecule has 3 rings (SSSR count). The van der Waals surface area contributed by atoms with Gasteiger partial charge in [0.2, 0.25) is 0 Å². The highest BCUT2D eigenvalue weighted by Crippen LogP contribution is 2.27. The van der Waals surface area contributed by atoms with E-state index in [-0.39, 0.29) is 0 Å². The lowest BCUT2D eigenvalue weighted by atomic mass is 10.2. The topological polar surface area (TPSA) is 24.9 Å². The molecule has 184 valence electrons. The van der Waals surface area contributed by atoms with Crippen LogP contribution in [0.5, 0.6) is 0 Å². The third kappa shape index (κ3) is 10.9. The number of hydrogen-bond acceptors (Lipinski definition) is 5. The minimum atomic E-state index is 0.728. The Hall–Kier alpha value is -2.15. The van der Waals surface area contributed by atoms with Gasteiger partial charge in [0.1, 0.15) is 0 Å². The number of hydrogen-bond donors (Lipinski definition) is 0. The normalized spacial score (nSPS) is 10.9. The van der Waals surface area contributed by atoms with Crippen LogP contribution in [0.1, 0.15) is 30.5 Å². The number of rotatable bonds is 14. The van der Waals surface area contributed by atoms with E-state index in [4.69, 9.17) is 9.47 Å². The Kier molecular flexibility index (Phi) is 14.3. The van der Waals surface area contributed by atoms with Gasteiger partial charge in [-0.3, -0.25) is 4.90 Å². The minimum Gasteiger partial charge on any atom is -0.383 e. The van der Waals surface area contributed by atoms with Crippen LogP contribution in [0.2, 0.25) is 0 Å². The van der Waals surface area contributed by atoms with E-state index in [0.29, 0.717) is 0 Å². The van der Waals surface area contributed by atoms with E-state index >= 15 is 0 Å². The lowest BCUT2D eigenvalue weighted by Crippen LogP contribution is -2.30. The van der Waals surface area contributed by atoms with Crippen molar-refractivity contribution in [1.29, 1.82) is 0 Å². The molecule has 4 nitrogen and oxygen atoms in total. The Bertz CT molecular complexity index is 826. The lowest BCUT2D eigenvalue weighted by molar-refractivity contribution is 0.110. The van der Waals surface area contributed by atoms with Gasteiger partial charge >= 0.3 is 0 Å². The number of nitrogens with zero attached hydrogens (tertiary/aromatic N) is 2. The van der Waals surface area contributed by atoms with Crippen LogP contribution in [0.4, 0.5) is 0 Å². The van der Waals surface area contributed by atoms with Crippen LogP contribution in [0.25, 0.3) is 0 Å². The molecular weight excluding hydrogens is 440 g/mol. The molecule has 0 aliphatic heterocycles. The molecular formula is C29H40N2O2S. The summed E-state index contributed by atoms with van der Waals surface area (Å²) in [6, 6.07) is 30.3. The predicted octanol–water partition coefficient (Wildman–Crippen LogP) is 6.52. The molecule has 5 heteroatoms. The SMILES string of the molecule is CC.COCCN(CCOC)Cc1ccc(SN(Cc2ccccc2)Cc2ccccc2)cc1. The quantitative estimate of drug-likeness (QED) is 0.245. The zero-order valence-electron chi connectivity index (χ0n) is 21.2. The van der Waals surface area contributed by atoms with Gasteiger partial charge in [0.05, 0.1) is 13.2 Å².